The number of ketones is 1. The summed E-state index contributed by atoms with van der Waals surface area (Å²) in [5.41, 5.74) is -1.20. The van der Waals surface area contributed by atoms with Crippen molar-refractivity contribution in [1.82, 2.24) is 0 Å². The molecule has 0 aromatic rings. The Morgan fingerprint density at radius 3 is 2.46 bits per heavy atom. The van der Waals surface area contributed by atoms with Gasteiger partial charge in [0.05, 0.1) is 5.92 Å². The van der Waals surface area contributed by atoms with Crippen molar-refractivity contribution in [3.8, 4) is 0 Å². The topological polar surface area (TPSA) is 43.4 Å². The SMILES string of the molecule is CC12OC(=O)C(CCC1=O)C2(C)C. The number of ether oxygens (including phenoxy) is 1. The predicted molar refractivity (Wildman–Crippen MR) is 46.0 cm³/mol. The molecule has 1 aliphatic carbocycles. The van der Waals surface area contributed by atoms with Gasteiger partial charge in [-0.3, -0.25) is 9.59 Å². The van der Waals surface area contributed by atoms with Gasteiger partial charge in [-0.05, 0) is 13.3 Å². The minimum Gasteiger partial charge on any atom is -0.451 e. The molecule has 0 spiro atoms. The summed E-state index contributed by atoms with van der Waals surface area (Å²) in [6.45, 7) is 5.63. The number of fused-ring (bicyclic) bond motifs is 2. The van der Waals surface area contributed by atoms with E-state index in [9.17, 15) is 9.59 Å². The third-order valence-corrected chi connectivity index (χ3v) is 3.88. The average molecular weight is 182 g/mol. The van der Waals surface area contributed by atoms with Crippen LogP contribution in [0.5, 0.6) is 0 Å². The van der Waals surface area contributed by atoms with Gasteiger partial charge in [-0.2, -0.15) is 0 Å². The van der Waals surface area contributed by atoms with Crippen LogP contribution in [0.15, 0.2) is 0 Å². The molecule has 1 saturated heterocycles. The fourth-order valence-electron chi connectivity index (χ4n) is 2.44. The van der Waals surface area contributed by atoms with Crippen molar-refractivity contribution in [3.05, 3.63) is 0 Å². The van der Waals surface area contributed by atoms with Gasteiger partial charge in [0.1, 0.15) is 0 Å². The van der Waals surface area contributed by atoms with Gasteiger partial charge in [0.2, 0.25) is 0 Å². The second-order valence-corrected chi connectivity index (χ2v) is 4.69. The monoisotopic (exact) mass is 182 g/mol. The molecule has 0 amide bonds. The molecule has 0 aromatic heterocycles. The zero-order chi connectivity index (χ0) is 9.85. The maximum atomic E-state index is 11.7. The minimum absolute atomic E-state index is 0.0691. The first-order chi connectivity index (χ1) is 5.89. The Balaban J connectivity index is 2.52. The number of Topliss-reactive ketones (excluding diaryl/α,β-unsaturated/α-hetero) is 1. The molecular formula is C10H14O3. The molecule has 1 aliphatic heterocycles. The van der Waals surface area contributed by atoms with Crippen molar-refractivity contribution in [2.45, 2.75) is 39.2 Å². The molecule has 3 nitrogen and oxygen atoms in total. The molecule has 2 aliphatic rings. The summed E-state index contributed by atoms with van der Waals surface area (Å²) in [6, 6.07) is 0. The minimum atomic E-state index is -0.868. The fraction of sp³-hybridized carbons (Fsp3) is 0.800. The highest BCUT2D eigenvalue weighted by molar-refractivity contribution is 5.96. The van der Waals surface area contributed by atoms with E-state index in [1.54, 1.807) is 6.92 Å². The molecule has 2 atom stereocenters. The van der Waals surface area contributed by atoms with Crippen LogP contribution in [0.4, 0.5) is 0 Å². The van der Waals surface area contributed by atoms with E-state index < -0.39 is 5.60 Å². The highest BCUT2D eigenvalue weighted by Gasteiger charge is 2.64. The van der Waals surface area contributed by atoms with Gasteiger partial charge in [-0.15, -0.1) is 0 Å². The molecule has 1 saturated carbocycles. The summed E-state index contributed by atoms with van der Waals surface area (Å²) in [5, 5.41) is 0. The van der Waals surface area contributed by atoms with Crippen LogP contribution in [0.1, 0.15) is 33.6 Å². The van der Waals surface area contributed by atoms with E-state index in [1.807, 2.05) is 13.8 Å². The summed E-state index contributed by atoms with van der Waals surface area (Å²) < 4.78 is 5.21. The lowest BCUT2D eigenvalue weighted by atomic mass is 9.62. The number of carbonyl (C=O) groups excluding carboxylic acids is 2. The van der Waals surface area contributed by atoms with Crippen LogP contribution >= 0.6 is 0 Å². The van der Waals surface area contributed by atoms with E-state index >= 15 is 0 Å². The van der Waals surface area contributed by atoms with Crippen LogP contribution in [0.2, 0.25) is 0 Å². The lowest BCUT2D eigenvalue weighted by Crippen LogP contribution is -2.51. The lowest BCUT2D eigenvalue weighted by Gasteiger charge is -2.39. The van der Waals surface area contributed by atoms with Crippen molar-refractivity contribution in [2.75, 3.05) is 0 Å². The summed E-state index contributed by atoms with van der Waals surface area (Å²) in [7, 11) is 0. The van der Waals surface area contributed by atoms with Crippen LogP contribution in [-0.2, 0) is 14.3 Å². The molecular weight excluding hydrogens is 168 g/mol. The molecule has 2 bridgehead atoms. The van der Waals surface area contributed by atoms with Crippen LogP contribution in [0.3, 0.4) is 0 Å². The van der Waals surface area contributed by atoms with Gasteiger partial charge in [0, 0.05) is 11.8 Å². The zero-order valence-electron chi connectivity index (χ0n) is 8.22. The quantitative estimate of drug-likeness (QED) is 0.530. The van der Waals surface area contributed by atoms with Gasteiger partial charge in [-0.1, -0.05) is 13.8 Å². The standard InChI is InChI=1S/C10H14O3/c1-9(2)6-4-5-7(11)10(9,3)13-8(6)12/h6H,4-5H2,1-3H3. The average Bonchev–Trinajstić information content (AvgIpc) is 2.13. The first-order valence-corrected chi connectivity index (χ1v) is 4.66. The third kappa shape index (κ3) is 0.798. The maximum Gasteiger partial charge on any atom is 0.310 e. The molecule has 0 radical (unpaired) electrons. The highest BCUT2D eigenvalue weighted by Crippen LogP contribution is 2.53. The van der Waals surface area contributed by atoms with E-state index in [0.29, 0.717) is 12.8 Å². The number of rotatable bonds is 0. The molecule has 2 unspecified atom stereocenters. The number of esters is 1. The van der Waals surface area contributed by atoms with Crippen molar-refractivity contribution >= 4 is 11.8 Å². The van der Waals surface area contributed by atoms with Gasteiger partial charge < -0.3 is 4.74 Å². The van der Waals surface area contributed by atoms with Gasteiger partial charge in [-0.25, -0.2) is 0 Å². The first kappa shape index (κ1) is 8.73. The van der Waals surface area contributed by atoms with E-state index in [-0.39, 0.29) is 23.1 Å². The molecule has 0 aromatic carbocycles. The summed E-state index contributed by atoms with van der Waals surface area (Å²) in [4.78, 5) is 23.1. The Morgan fingerprint density at radius 1 is 1.31 bits per heavy atom. The number of carbonyl (C=O) groups is 2. The van der Waals surface area contributed by atoms with Crippen LogP contribution in [0, 0.1) is 11.3 Å². The smallest absolute Gasteiger partial charge is 0.310 e. The normalized spacial score (nSPS) is 41.9. The Bertz CT molecular complexity index is 293. The Kier molecular flexibility index (Phi) is 1.44. The summed E-state index contributed by atoms with van der Waals surface area (Å²) in [6.07, 6.45) is 1.14. The van der Waals surface area contributed by atoms with Crippen LogP contribution in [0.25, 0.3) is 0 Å². The molecule has 3 heteroatoms. The molecule has 2 fully saturated rings. The molecule has 72 valence electrons. The highest BCUT2D eigenvalue weighted by atomic mass is 16.6. The van der Waals surface area contributed by atoms with E-state index in [4.69, 9.17) is 4.74 Å². The third-order valence-electron chi connectivity index (χ3n) is 3.88. The second kappa shape index (κ2) is 2.14. The molecule has 0 N–H and O–H groups in total. The Morgan fingerprint density at radius 2 is 1.92 bits per heavy atom. The van der Waals surface area contributed by atoms with Gasteiger partial charge >= 0.3 is 5.97 Å². The second-order valence-electron chi connectivity index (χ2n) is 4.69. The molecule has 2 rings (SSSR count). The summed E-state index contributed by atoms with van der Waals surface area (Å²) >= 11 is 0. The van der Waals surface area contributed by atoms with E-state index in [0.717, 1.165) is 0 Å². The van der Waals surface area contributed by atoms with Crippen molar-refractivity contribution < 1.29 is 14.3 Å². The fourth-order valence-corrected chi connectivity index (χ4v) is 2.44. The van der Waals surface area contributed by atoms with Crippen molar-refractivity contribution in [1.29, 1.82) is 0 Å². The van der Waals surface area contributed by atoms with Crippen LogP contribution in [-0.4, -0.2) is 17.4 Å². The zero-order valence-corrected chi connectivity index (χ0v) is 8.22. The van der Waals surface area contributed by atoms with Crippen LogP contribution < -0.4 is 0 Å². The largest absolute Gasteiger partial charge is 0.451 e. The Hall–Kier alpha value is -0.860. The maximum absolute atomic E-state index is 11.7. The molecule has 1 heterocycles. The summed E-state index contributed by atoms with van der Waals surface area (Å²) in [5.74, 6) is -0.215. The van der Waals surface area contributed by atoms with Gasteiger partial charge in [0.15, 0.2) is 11.4 Å². The van der Waals surface area contributed by atoms with Crippen molar-refractivity contribution in [2.24, 2.45) is 11.3 Å². The first-order valence-electron chi connectivity index (χ1n) is 4.66. The van der Waals surface area contributed by atoms with Crippen molar-refractivity contribution in [3.63, 3.8) is 0 Å². The predicted octanol–water partition coefficient (Wildman–Crippen LogP) is 1.31. The number of hydrogen-bond acceptors (Lipinski definition) is 3. The van der Waals surface area contributed by atoms with E-state index in [1.165, 1.54) is 0 Å². The van der Waals surface area contributed by atoms with Gasteiger partial charge in [0.25, 0.3) is 0 Å². The molecule has 13 heavy (non-hydrogen) atoms. The lowest BCUT2D eigenvalue weighted by molar-refractivity contribution is -0.159. The Labute approximate surface area is 77.4 Å². The van der Waals surface area contributed by atoms with E-state index in [2.05, 4.69) is 0 Å². The number of hydrogen-bond donors (Lipinski definition) is 0.